The van der Waals surface area contributed by atoms with Crippen molar-refractivity contribution in [3.05, 3.63) is 71.3 Å². The number of furan rings is 1. The molecule has 3 N–H and O–H groups in total. The molecule has 2 fully saturated rings. The number of fused-ring (bicyclic) bond motifs is 2. The smallest absolute Gasteiger partial charge is 0.415 e. The molecule has 54 heavy (non-hydrogen) atoms. The maximum absolute atomic E-state index is 13.7. The number of hydrogen-bond acceptors (Lipinski definition) is 9. The van der Waals surface area contributed by atoms with E-state index < -0.39 is 6.03 Å². The van der Waals surface area contributed by atoms with Gasteiger partial charge in [0.05, 0.1) is 5.69 Å². The zero-order chi connectivity index (χ0) is 36.6. The number of urea groups is 1. The molecule has 0 bridgehead atoms. The molecule has 5 heterocycles. The maximum atomic E-state index is 13.7. The van der Waals surface area contributed by atoms with Crippen molar-refractivity contribution < 1.29 is 28.1 Å². The summed E-state index contributed by atoms with van der Waals surface area (Å²) in [5.74, 6) is 1.26. The maximum Gasteiger partial charge on any atom is 0.415 e. The molecule has 2 aromatic carbocycles. The topological polar surface area (TPSA) is 149 Å². The Morgan fingerprint density at radius 1 is 0.944 bits per heavy atom. The van der Waals surface area contributed by atoms with Crippen LogP contribution in [0.15, 0.2) is 57.5 Å². The van der Waals surface area contributed by atoms with Gasteiger partial charge in [-0.3, -0.25) is 10.1 Å². The molecular weight excluding hydrogens is 733 g/mol. The Kier molecular flexibility index (Phi) is 12.7. The van der Waals surface area contributed by atoms with E-state index in [0.29, 0.717) is 65.4 Å². The Labute approximate surface area is 326 Å². The van der Waals surface area contributed by atoms with Gasteiger partial charge in [0.25, 0.3) is 0 Å². The predicted molar refractivity (Wildman–Crippen MR) is 214 cm³/mol. The summed E-state index contributed by atoms with van der Waals surface area (Å²) in [6, 6.07) is 13.9. The molecule has 0 atom stereocenters. The van der Waals surface area contributed by atoms with Crippen LogP contribution in [0.3, 0.4) is 0 Å². The lowest BCUT2D eigenvalue weighted by molar-refractivity contribution is 0.0876. The Morgan fingerprint density at radius 2 is 1.69 bits per heavy atom. The van der Waals surface area contributed by atoms with Crippen LogP contribution in [0.4, 0.5) is 21.1 Å². The molecule has 2 aliphatic heterocycles. The number of likely N-dealkylation sites (tertiary alicyclic amines) is 2. The van der Waals surface area contributed by atoms with Crippen LogP contribution < -0.4 is 15.4 Å². The third-order valence-electron chi connectivity index (χ3n) is 9.91. The minimum absolute atomic E-state index is 0. The number of anilines is 2. The summed E-state index contributed by atoms with van der Waals surface area (Å²) in [7, 11) is 3.90. The highest BCUT2D eigenvalue weighted by Crippen LogP contribution is 2.33. The second kappa shape index (κ2) is 16.8. The number of H-pyrrole nitrogens is 1. The van der Waals surface area contributed by atoms with E-state index in [1.807, 2.05) is 50.7 Å². The number of carbonyl (C=O) groups is 3. The van der Waals surface area contributed by atoms with Gasteiger partial charge in [-0.2, -0.15) is 0 Å². The fourth-order valence-electron chi connectivity index (χ4n) is 7.13. The van der Waals surface area contributed by atoms with Crippen LogP contribution >= 0.6 is 24.8 Å². The van der Waals surface area contributed by atoms with Crippen LogP contribution in [0, 0.1) is 0 Å². The monoisotopic (exact) mass is 781 g/mol. The Morgan fingerprint density at radius 3 is 2.37 bits per heavy atom. The Balaban J connectivity index is 0.00000280. The van der Waals surface area contributed by atoms with E-state index in [1.54, 1.807) is 42.5 Å². The molecule has 0 spiro atoms. The van der Waals surface area contributed by atoms with Crippen molar-refractivity contribution in [1.29, 1.82) is 0 Å². The zero-order valence-corrected chi connectivity index (χ0v) is 33.0. The molecule has 15 heteroatoms. The second-order valence-electron chi connectivity index (χ2n) is 15.2. The molecule has 0 aliphatic carbocycles. The van der Waals surface area contributed by atoms with E-state index in [9.17, 15) is 14.4 Å². The van der Waals surface area contributed by atoms with E-state index in [4.69, 9.17) is 13.7 Å². The Hall–Kier alpha value is -4.56. The first-order chi connectivity index (χ1) is 24.9. The van der Waals surface area contributed by atoms with Crippen LogP contribution in [-0.4, -0.2) is 89.1 Å². The van der Waals surface area contributed by atoms with Gasteiger partial charge < -0.3 is 38.7 Å². The lowest BCUT2D eigenvalue weighted by Gasteiger charge is -2.39. The molecule has 0 saturated carbocycles. The normalized spacial score (nSPS) is 15.6. The molecule has 0 unspecified atom stereocenters. The quantitative estimate of drug-likeness (QED) is 0.132. The lowest BCUT2D eigenvalue weighted by atomic mass is 9.93. The number of amides is 3. The van der Waals surface area contributed by atoms with Gasteiger partial charge in [-0.15, -0.1) is 24.8 Å². The average Bonchev–Trinajstić information content (AvgIpc) is 3.88. The number of carbonyl (C=O) groups excluding carboxylic acids is 3. The molecule has 290 valence electrons. The fourth-order valence-corrected chi connectivity index (χ4v) is 7.13. The lowest BCUT2D eigenvalue weighted by Crippen LogP contribution is -2.48. The number of benzene rings is 2. The van der Waals surface area contributed by atoms with E-state index in [1.165, 1.54) is 19.3 Å². The summed E-state index contributed by atoms with van der Waals surface area (Å²) < 4.78 is 17.3. The van der Waals surface area contributed by atoms with Crippen LogP contribution in [0.5, 0.6) is 5.75 Å². The van der Waals surface area contributed by atoms with Crippen molar-refractivity contribution in [1.82, 2.24) is 24.8 Å². The van der Waals surface area contributed by atoms with Crippen LogP contribution in [0.25, 0.3) is 21.9 Å². The average molecular weight is 783 g/mol. The first kappa shape index (κ1) is 40.6. The van der Waals surface area contributed by atoms with E-state index in [0.717, 1.165) is 42.4 Å². The van der Waals surface area contributed by atoms with Crippen LogP contribution in [0.1, 0.15) is 80.4 Å². The SMILES string of the molecule is CN(C)Cc1c(OC(=O)N2CCC(N3CCCCC3)CC2)ccc2[nH]c(C(=O)c3cc4cc(NC(=O)Nc5cc(C(C)(C)C)on5)ccc4o3)cc12.Cl.Cl. The highest BCUT2D eigenvalue weighted by Gasteiger charge is 2.29. The highest BCUT2D eigenvalue weighted by atomic mass is 35.5. The number of rotatable bonds is 8. The van der Waals surface area contributed by atoms with E-state index >= 15 is 0 Å². The third kappa shape index (κ3) is 9.03. The molecule has 0 radical (unpaired) electrons. The summed E-state index contributed by atoms with van der Waals surface area (Å²) >= 11 is 0. The van der Waals surface area contributed by atoms with Gasteiger partial charge in [-0.1, -0.05) is 32.3 Å². The largest absolute Gasteiger partial charge is 0.453 e. The van der Waals surface area contributed by atoms with Crippen molar-refractivity contribution in [3.8, 4) is 5.75 Å². The van der Waals surface area contributed by atoms with Crippen LogP contribution in [0.2, 0.25) is 0 Å². The molecule has 2 aliphatic rings. The number of ketones is 1. The molecule has 2 saturated heterocycles. The van der Waals surface area contributed by atoms with Gasteiger partial charge in [0.1, 0.15) is 17.1 Å². The summed E-state index contributed by atoms with van der Waals surface area (Å²) in [5, 5.41) is 10.8. The standard InChI is InChI=1S/C39H47N7O6.2ClH/c1-39(2,3)34-22-35(43-52-34)42-37(48)40-25-9-11-31-24(19-25)20-33(50-31)36(47)30-21-27-28(23-44(4)5)32(12-10-29(27)41-30)51-38(49)46-17-13-26(14-18-46)45-15-7-6-8-16-45;;/h9-12,19-22,26,41H,6-8,13-18,23H2,1-5H3,(H2,40,42,43,48);2*1H. The van der Waals surface area contributed by atoms with Gasteiger partial charge >= 0.3 is 12.1 Å². The number of halogens is 2. The molecule has 3 aromatic heterocycles. The third-order valence-corrected chi connectivity index (χ3v) is 9.91. The minimum Gasteiger partial charge on any atom is -0.453 e. The van der Waals surface area contributed by atoms with E-state index in [2.05, 4.69) is 25.7 Å². The number of nitrogens with zero attached hydrogens (tertiary/aromatic N) is 4. The summed E-state index contributed by atoms with van der Waals surface area (Å²) in [6.07, 6.45) is 5.40. The van der Waals surface area contributed by atoms with E-state index in [-0.39, 0.29) is 47.9 Å². The van der Waals surface area contributed by atoms with Crippen molar-refractivity contribution in [2.45, 2.75) is 70.9 Å². The van der Waals surface area contributed by atoms with Gasteiger partial charge in [0, 0.05) is 64.7 Å². The highest BCUT2D eigenvalue weighted by molar-refractivity contribution is 6.11. The van der Waals surface area contributed by atoms with Crippen molar-refractivity contribution in [3.63, 3.8) is 0 Å². The first-order valence-corrected chi connectivity index (χ1v) is 18.0. The molecule has 7 rings (SSSR count). The van der Waals surface area contributed by atoms with Gasteiger partial charge in [0.15, 0.2) is 11.6 Å². The number of ether oxygens (including phenoxy) is 1. The van der Waals surface area contributed by atoms with Crippen LogP contribution in [-0.2, 0) is 12.0 Å². The number of aromatic nitrogens is 2. The molecule has 13 nitrogen and oxygen atoms in total. The molecule has 3 amide bonds. The predicted octanol–water partition coefficient (Wildman–Crippen LogP) is 8.43. The number of hydrogen-bond donors (Lipinski definition) is 3. The zero-order valence-electron chi connectivity index (χ0n) is 31.3. The van der Waals surface area contributed by atoms with Crippen molar-refractivity contribution in [2.75, 3.05) is 50.9 Å². The summed E-state index contributed by atoms with van der Waals surface area (Å²) in [4.78, 5) is 49.4. The van der Waals surface area contributed by atoms with Gasteiger partial charge in [-0.05, 0) is 95.3 Å². The number of piperidine rings is 2. The first-order valence-electron chi connectivity index (χ1n) is 18.0. The van der Waals surface area contributed by atoms with Gasteiger partial charge in [-0.25, -0.2) is 9.59 Å². The van der Waals surface area contributed by atoms with Gasteiger partial charge in [0.2, 0.25) is 5.78 Å². The number of aromatic amines is 1. The van der Waals surface area contributed by atoms with Crippen molar-refractivity contribution in [2.24, 2.45) is 0 Å². The number of nitrogens with one attached hydrogen (secondary N) is 3. The summed E-state index contributed by atoms with van der Waals surface area (Å²) in [6.45, 7) is 10.2. The second-order valence-corrected chi connectivity index (χ2v) is 15.2. The summed E-state index contributed by atoms with van der Waals surface area (Å²) in [5.41, 5.74) is 2.67. The van der Waals surface area contributed by atoms with Crippen molar-refractivity contribution >= 4 is 76.1 Å². The fraction of sp³-hybridized carbons (Fsp3) is 0.436. The molecular formula is C39H49Cl2N7O6. The Bertz CT molecular complexity index is 2100. The minimum atomic E-state index is -0.484. The molecule has 5 aromatic rings.